The Morgan fingerprint density at radius 1 is 1.50 bits per heavy atom. The van der Waals surface area contributed by atoms with Crippen molar-refractivity contribution in [2.75, 3.05) is 0 Å². The lowest BCUT2D eigenvalue weighted by atomic mass is 10.2. The van der Waals surface area contributed by atoms with Gasteiger partial charge in [0.2, 0.25) is 0 Å². The van der Waals surface area contributed by atoms with Crippen LogP contribution in [0.5, 0.6) is 0 Å². The molecule has 0 aliphatic heterocycles. The van der Waals surface area contributed by atoms with E-state index in [0.717, 1.165) is 18.3 Å². The highest BCUT2D eigenvalue weighted by atomic mass is 32.2. The highest BCUT2D eigenvalue weighted by Crippen LogP contribution is 2.15. The summed E-state index contributed by atoms with van der Waals surface area (Å²) in [6.45, 7) is 0. The molecule has 2 N–H and O–H groups in total. The van der Waals surface area contributed by atoms with E-state index in [4.69, 9.17) is 10.4 Å². The van der Waals surface area contributed by atoms with Crippen LogP contribution in [0.1, 0.15) is 10.4 Å². The molecule has 0 aliphatic carbocycles. The number of benzene rings is 1. The molecule has 84 valence electrons. The Balaban J connectivity index is 3.30. The maximum atomic E-state index is 13.2. The molecule has 0 unspecified atom stereocenters. The summed E-state index contributed by atoms with van der Waals surface area (Å²) in [7, 11) is -4.26. The van der Waals surface area contributed by atoms with Gasteiger partial charge in [0.05, 0.1) is 5.56 Å². The lowest BCUT2D eigenvalue weighted by Gasteiger charge is -2.03. The number of sulfonamides is 1. The highest BCUT2D eigenvalue weighted by molar-refractivity contribution is 7.89. The highest BCUT2D eigenvalue weighted by Gasteiger charge is 2.19. The SMILES string of the molecule is N#CNS(=O)(=O)c1ccc(C(=O)O)cc1F. The van der Waals surface area contributed by atoms with Crippen molar-refractivity contribution in [1.29, 1.82) is 5.26 Å². The molecule has 0 radical (unpaired) electrons. The van der Waals surface area contributed by atoms with E-state index in [-0.39, 0.29) is 5.56 Å². The maximum absolute atomic E-state index is 13.2. The number of hydrogen-bond acceptors (Lipinski definition) is 4. The summed E-state index contributed by atoms with van der Waals surface area (Å²) in [5.74, 6) is -2.61. The van der Waals surface area contributed by atoms with Gasteiger partial charge in [-0.05, 0) is 18.2 Å². The average Bonchev–Trinajstić information content (AvgIpc) is 2.16. The smallest absolute Gasteiger partial charge is 0.335 e. The number of aromatic carboxylic acids is 1. The number of carboxylic acid groups (broad SMARTS) is 1. The molecular weight excluding hydrogens is 239 g/mol. The third kappa shape index (κ3) is 2.26. The summed E-state index contributed by atoms with van der Waals surface area (Å²) in [5, 5.41) is 16.7. The minimum Gasteiger partial charge on any atom is -0.478 e. The first-order chi connectivity index (χ1) is 7.38. The monoisotopic (exact) mass is 244 g/mol. The molecule has 6 nitrogen and oxygen atoms in total. The second-order valence-corrected chi connectivity index (χ2v) is 4.32. The van der Waals surface area contributed by atoms with Crippen LogP contribution >= 0.6 is 0 Å². The second kappa shape index (κ2) is 4.16. The van der Waals surface area contributed by atoms with E-state index in [1.54, 1.807) is 0 Å². The average molecular weight is 244 g/mol. The normalized spacial score (nSPS) is 10.5. The van der Waals surface area contributed by atoms with Crippen LogP contribution in [0, 0.1) is 17.3 Å². The molecular formula is C8H5FN2O4S. The summed E-state index contributed by atoms with van der Waals surface area (Å²) < 4.78 is 37.1. The number of nitrogens with one attached hydrogen (secondary N) is 1. The van der Waals surface area contributed by atoms with E-state index in [2.05, 4.69) is 0 Å². The zero-order valence-corrected chi connectivity index (χ0v) is 8.45. The number of carboxylic acids is 1. The first kappa shape index (κ1) is 11.9. The van der Waals surface area contributed by atoms with Crippen molar-refractivity contribution < 1.29 is 22.7 Å². The van der Waals surface area contributed by atoms with Crippen molar-refractivity contribution in [1.82, 2.24) is 4.72 Å². The molecule has 1 aromatic rings. The molecule has 16 heavy (non-hydrogen) atoms. The summed E-state index contributed by atoms with van der Waals surface area (Å²) in [6.07, 6.45) is 1.15. The Hall–Kier alpha value is -2.14. The van der Waals surface area contributed by atoms with Gasteiger partial charge in [0, 0.05) is 0 Å². The molecule has 0 fully saturated rings. The number of nitriles is 1. The molecule has 0 saturated heterocycles. The molecule has 0 heterocycles. The van der Waals surface area contributed by atoms with E-state index < -0.39 is 26.7 Å². The first-order valence-electron chi connectivity index (χ1n) is 3.82. The summed E-state index contributed by atoms with van der Waals surface area (Å²) in [6, 6.07) is 2.27. The zero-order valence-electron chi connectivity index (χ0n) is 7.64. The first-order valence-corrected chi connectivity index (χ1v) is 5.30. The van der Waals surface area contributed by atoms with Crippen molar-refractivity contribution in [3.63, 3.8) is 0 Å². The number of hydrogen-bond donors (Lipinski definition) is 2. The van der Waals surface area contributed by atoms with Gasteiger partial charge in [0.1, 0.15) is 10.7 Å². The van der Waals surface area contributed by atoms with Gasteiger partial charge in [-0.1, -0.05) is 0 Å². The number of rotatable bonds is 3. The molecule has 1 aromatic carbocycles. The second-order valence-electron chi connectivity index (χ2n) is 2.67. The van der Waals surface area contributed by atoms with E-state index in [1.165, 1.54) is 4.72 Å². The quantitative estimate of drug-likeness (QED) is 0.586. The Morgan fingerprint density at radius 2 is 2.12 bits per heavy atom. The molecule has 0 aliphatic rings. The summed E-state index contributed by atoms with van der Waals surface area (Å²) >= 11 is 0. The number of nitrogens with zero attached hydrogens (tertiary/aromatic N) is 1. The lowest BCUT2D eigenvalue weighted by Crippen LogP contribution is -2.19. The standard InChI is InChI=1S/C8H5FN2O4S/c9-6-3-5(8(12)13)1-2-7(6)16(14,15)11-4-10/h1-3,11H,(H,12,13). The minimum atomic E-state index is -4.26. The third-order valence-electron chi connectivity index (χ3n) is 1.65. The van der Waals surface area contributed by atoms with Crippen LogP contribution in [0.3, 0.4) is 0 Å². The lowest BCUT2D eigenvalue weighted by molar-refractivity contribution is 0.0696. The Kier molecular flexibility index (Phi) is 3.10. The van der Waals surface area contributed by atoms with Crippen molar-refractivity contribution in [2.45, 2.75) is 4.90 Å². The molecule has 0 spiro atoms. The van der Waals surface area contributed by atoms with Crippen LogP contribution in [0.25, 0.3) is 0 Å². The van der Waals surface area contributed by atoms with Gasteiger partial charge in [-0.3, -0.25) is 0 Å². The largest absolute Gasteiger partial charge is 0.478 e. The molecule has 0 saturated carbocycles. The van der Waals surface area contributed by atoms with Crippen LogP contribution in [0.15, 0.2) is 23.1 Å². The van der Waals surface area contributed by atoms with Crippen LogP contribution in [0.2, 0.25) is 0 Å². The van der Waals surface area contributed by atoms with Crippen LogP contribution in [-0.4, -0.2) is 19.5 Å². The van der Waals surface area contributed by atoms with Crippen LogP contribution in [0.4, 0.5) is 4.39 Å². The summed E-state index contributed by atoms with van der Waals surface area (Å²) in [4.78, 5) is 9.68. The van der Waals surface area contributed by atoms with Gasteiger partial charge in [-0.15, -0.1) is 0 Å². The topological polar surface area (TPSA) is 107 Å². The number of carbonyl (C=O) groups is 1. The molecule has 0 bridgehead atoms. The predicted molar refractivity (Wildman–Crippen MR) is 49.3 cm³/mol. The molecule has 8 heteroatoms. The van der Waals surface area contributed by atoms with E-state index in [9.17, 15) is 17.6 Å². The van der Waals surface area contributed by atoms with Crippen molar-refractivity contribution in [2.24, 2.45) is 0 Å². The molecule has 0 atom stereocenters. The summed E-state index contributed by atoms with van der Waals surface area (Å²) in [5.41, 5.74) is -0.381. The minimum absolute atomic E-state index is 0.381. The van der Waals surface area contributed by atoms with Crippen LogP contribution in [-0.2, 0) is 10.0 Å². The van der Waals surface area contributed by atoms with Crippen molar-refractivity contribution >= 4 is 16.0 Å². The van der Waals surface area contributed by atoms with Crippen molar-refractivity contribution in [3.8, 4) is 6.19 Å². The fraction of sp³-hybridized carbons (Fsp3) is 0. The van der Waals surface area contributed by atoms with Gasteiger partial charge in [-0.2, -0.15) is 5.26 Å². The molecule has 0 aromatic heterocycles. The van der Waals surface area contributed by atoms with E-state index >= 15 is 0 Å². The van der Waals surface area contributed by atoms with Gasteiger partial charge in [0.25, 0.3) is 10.0 Å². The van der Waals surface area contributed by atoms with Gasteiger partial charge in [-0.25, -0.2) is 22.3 Å². The van der Waals surface area contributed by atoms with Gasteiger partial charge < -0.3 is 5.11 Å². The third-order valence-corrected chi connectivity index (χ3v) is 2.92. The predicted octanol–water partition coefficient (Wildman–Crippen LogP) is 0.283. The van der Waals surface area contributed by atoms with E-state index in [0.29, 0.717) is 6.07 Å². The van der Waals surface area contributed by atoms with Crippen molar-refractivity contribution in [3.05, 3.63) is 29.6 Å². The van der Waals surface area contributed by atoms with Gasteiger partial charge >= 0.3 is 5.97 Å². The maximum Gasteiger partial charge on any atom is 0.335 e. The fourth-order valence-corrected chi connectivity index (χ4v) is 1.76. The van der Waals surface area contributed by atoms with E-state index in [1.807, 2.05) is 0 Å². The Labute approximate surface area is 90.0 Å². The molecule has 1 rings (SSSR count). The Morgan fingerprint density at radius 3 is 2.56 bits per heavy atom. The number of halogens is 1. The fourth-order valence-electron chi connectivity index (χ4n) is 0.967. The van der Waals surface area contributed by atoms with Crippen LogP contribution < -0.4 is 4.72 Å². The zero-order chi connectivity index (χ0) is 12.3. The molecule has 0 amide bonds. The Bertz CT molecular complexity index is 576. The van der Waals surface area contributed by atoms with Gasteiger partial charge in [0.15, 0.2) is 6.19 Å².